The third-order valence-electron chi connectivity index (χ3n) is 4.52. The van der Waals surface area contributed by atoms with E-state index in [0.29, 0.717) is 36.9 Å². The minimum atomic E-state index is -0.558. The van der Waals surface area contributed by atoms with Crippen LogP contribution in [0.4, 0.5) is 5.69 Å². The minimum Gasteiger partial charge on any atom is -0.486 e. The Morgan fingerprint density at radius 2 is 1.97 bits per heavy atom. The summed E-state index contributed by atoms with van der Waals surface area (Å²) >= 11 is 3.14. The van der Waals surface area contributed by atoms with Gasteiger partial charge in [0, 0.05) is 32.5 Å². The van der Waals surface area contributed by atoms with Crippen LogP contribution in [0.15, 0.2) is 53.9 Å². The molecule has 6 nitrogen and oxygen atoms in total. The van der Waals surface area contributed by atoms with Gasteiger partial charge < -0.3 is 19.1 Å². The van der Waals surface area contributed by atoms with Crippen molar-refractivity contribution in [2.75, 3.05) is 24.7 Å². The number of ether oxygens (including phenoxy) is 3. The average molecular weight is 456 g/mol. The van der Waals surface area contributed by atoms with Gasteiger partial charge in [0.1, 0.15) is 13.2 Å². The first-order valence-electron chi connectivity index (χ1n) is 9.72. The van der Waals surface area contributed by atoms with Gasteiger partial charge in [-0.2, -0.15) is 0 Å². The predicted octanol–water partition coefficient (Wildman–Crippen LogP) is 4.68. The first-order valence-corrected chi connectivity index (χ1v) is 11.4. The number of hydrogen-bond acceptors (Lipinski definition) is 7. The Kier molecular flexibility index (Phi) is 6.69. The van der Waals surface area contributed by atoms with Gasteiger partial charge in [-0.3, -0.25) is 4.79 Å². The molecule has 4 rings (SSSR count). The number of thiophene rings is 2. The number of fused-ring (bicyclic) bond motifs is 1. The Hall–Kier alpha value is -3.10. The van der Waals surface area contributed by atoms with Crippen molar-refractivity contribution in [1.29, 1.82) is 0 Å². The lowest BCUT2D eigenvalue weighted by Gasteiger charge is -2.25. The Balaban J connectivity index is 1.45. The van der Waals surface area contributed by atoms with Crippen LogP contribution < -0.4 is 14.4 Å². The first-order chi connectivity index (χ1) is 15.1. The normalized spacial score (nSPS) is 12.7. The molecule has 0 unspecified atom stereocenters. The minimum absolute atomic E-state index is 0.321. The van der Waals surface area contributed by atoms with E-state index in [9.17, 15) is 9.59 Å². The number of benzene rings is 1. The molecule has 3 aromatic rings. The lowest BCUT2D eigenvalue weighted by molar-refractivity contribution is -0.142. The summed E-state index contributed by atoms with van der Waals surface area (Å²) in [5.74, 6) is 0.370. The highest BCUT2D eigenvalue weighted by atomic mass is 32.1. The van der Waals surface area contributed by atoms with Crippen molar-refractivity contribution >= 4 is 46.3 Å². The van der Waals surface area contributed by atoms with E-state index in [2.05, 4.69) is 0 Å². The van der Waals surface area contributed by atoms with Crippen LogP contribution in [-0.2, 0) is 20.9 Å². The van der Waals surface area contributed by atoms with Crippen LogP contribution in [0.5, 0.6) is 11.5 Å². The zero-order chi connectivity index (χ0) is 21.6. The number of carbonyl (C=O) groups is 2. The molecular formula is C23H21NO5S2. The van der Waals surface area contributed by atoms with Gasteiger partial charge in [-0.05, 0) is 48.7 Å². The molecule has 1 aromatic carbocycles. The fourth-order valence-corrected chi connectivity index (χ4v) is 4.51. The molecule has 0 aliphatic carbocycles. The van der Waals surface area contributed by atoms with Gasteiger partial charge in [-0.25, -0.2) is 4.79 Å². The van der Waals surface area contributed by atoms with Crippen molar-refractivity contribution in [3.63, 3.8) is 0 Å². The van der Waals surface area contributed by atoms with E-state index in [0.717, 1.165) is 14.6 Å². The van der Waals surface area contributed by atoms with E-state index in [1.807, 2.05) is 36.6 Å². The average Bonchev–Trinajstić information content (AvgIpc) is 3.45. The fraction of sp³-hybridized carbons (Fsp3) is 0.217. The Labute approximate surface area is 188 Å². The molecule has 0 atom stereocenters. The van der Waals surface area contributed by atoms with Crippen molar-refractivity contribution in [1.82, 2.24) is 0 Å². The molecule has 0 saturated carbocycles. The smallest absolute Gasteiger partial charge is 0.331 e. The summed E-state index contributed by atoms with van der Waals surface area (Å²) in [6, 6.07) is 13.2. The van der Waals surface area contributed by atoms with Crippen LogP contribution in [0.1, 0.15) is 14.6 Å². The van der Waals surface area contributed by atoms with Crippen LogP contribution in [-0.4, -0.2) is 31.7 Å². The molecule has 1 aliphatic rings. The van der Waals surface area contributed by atoms with Crippen LogP contribution in [0.3, 0.4) is 0 Å². The van der Waals surface area contributed by atoms with Crippen molar-refractivity contribution in [3.8, 4) is 11.5 Å². The SMILES string of the molecule is Cc1ccc(/C=C/C(=O)OCC(=O)N(Cc2cccs2)c2ccc3c(c2)OCCO3)s1. The topological polar surface area (TPSA) is 65.1 Å². The molecule has 160 valence electrons. The number of rotatable bonds is 7. The molecule has 0 spiro atoms. The van der Waals surface area contributed by atoms with E-state index in [4.69, 9.17) is 14.2 Å². The molecular weight excluding hydrogens is 434 g/mol. The largest absolute Gasteiger partial charge is 0.486 e. The van der Waals surface area contributed by atoms with E-state index >= 15 is 0 Å². The highest BCUT2D eigenvalue weighted by Gasteiger charge is 2.21. The third-order valence-corrected chi connectivity index (χ3v) is 6.34. The standard InChI is InChI=1S/C23H21NO5S2/c1-16-4-6-18(31-16)7-9-23(26)29-15-22(25)24(14-19-3-2-12-30-19)17-5-8-20-21(13-17)28-11-10-27-20/h2-9,12-13H,10-11,14-15H2,1H3/b9-7+. The molecule has 0 radical (unpaired) electrons. The fourth-order valence-electron chi connectivity index (χ4n) is 3.03. The van der Waals surface area contributed by atoms with Crippen LogP contribution in [0.25, 0.3) is 6.08 Å². The molecule has 8 heteroatoms. The van der Waals surface area contributed by atoms with Gasteiger partial charge in [0.2, 0.25) is 0 Å². The summed E-state index contributed by atoms with van der Waals surface area (Å²) in [5.41, 5.74) is 0.656. The van der Waals surface area contributed by atoms with Crippen molar-refractivity contribution in [3.05, 3.63) is 68.6 Å². The van der Waals surface area contributed by atoms with E-state index in [-0.39, 0.29) is 12.5 Å². The molecule has 0 N–H and O–H groups in total. The maximum absolute atomic E-state index is 13.0. The van der Waals surface area contributed by atoms with Gasteiger partial charge in [0.15, 0.2) is 18.1 Å². The summed E-state index contributed by atoms with van der Waals surface area (Å²) in [6.07, 6.45) is 3.03. The lowest BCUT2D eigenvalue weighted by Crippen LogP contribution is -2.34. The molecule has 0 saturated heterocycles. The van der Waals surface area contributed by atoms with Gasteiger partial charge in [-0.15, -0.1) is 22.7 Å². The maximum atomic E-state index is 13.0. The van der Waals surface area contributed by atoms with Crippen LogP contribution in [0, 0.1) is 6.92 Å². The highest BCUT2D eigenvalue weighted by Crippen LogP contribution is 2.34. The number of aryl methyl sites for hydroxylation is 1. The van der Waals surface area contributed by atoms with Gasteiger partial charge in [0.25, 0.3) is 5.91 Å². The van der Waals surface area contributed by atoms with Crippen molar-refractivity contribution in [2.24, 2.45) is 0 Å². The molecule has 2 aromatic heterocycles. The van der Waals surface area contributed by atoms with E-state index in [1.54, 1.807) is 51.8 Å². The van der Waals surface area contributed by atoms with Crippen molar-refractivity contribution in [2.45, 2.75) is 13.5 Å². The van der Waals surface area contributed by atoms with Crippen LogP contribution in [0.2, 0.25) is 0 Å². The number of amides is 1. The predicted molar refractivity (Wildman–Crippen MR) is 122 cm³/mol. The third kappa shape index (κ3) is 5.53. The van der Waals surface area contributed by atoms with Gasteiger partial charge >= 0.3 is 5.97 Å². The second-order valence-electron chi connectivity index (χ2n) is 6.78. The lowest BCUT2D eigenvalue weighted by atomic mass is 10.2. The number of hydrogen-bond donors (Lipinski definition) is 0. The molecule has 1 amide bonds. The number of esters is 1. The Morgan fingerprint density at radius 1 is 1.13 bits per heavy atom. The molecule has 0 bridgehead atoms. The van der Waals surface area contributed by atoms with Crippen molar-refractivity contribution < 1.29 is 23.8 Å². The van der Waals surface area contributed by atoms with E-state index in [1.165, 1.54) is 6.08 Å². The summed E-state index contributed by atoms with van der Waals surface area (Å²) in [4.78, 5) is 29.8. The molecule has 3 heterocycles. The quantitative estimate of drug-likeness (QED) is 0.382. The molecule has 31 heavy (non-hydrogen) atoms. The van der Waals surface area contributed by atoms with Gasteiger partial charge in [-0.1, -0.05) is 6.07 Å². The highest BCUT2D eigenvalue weighted by molar-refractivity contribution is 7.12. The second kappa shape index (κ2) is 9.80. The summed E-state index contributed by atoms with van der Waals surface area (Å²) in [5, 5.41) is 1.96. The number of anilines is 1. The second-order valence-corrected chi connectivity index (χ2v) is 9.13. The molecule has 0 fully saturated rings. The zero-order valence-electron chi connectivity index (χ0n) is 16.9. The van der Waals surface area contributed by atoms with Gasteiger partial charge in [0.05, 0.1) is 6.54 Å². The maximum Gasteiger partial charge on any atom is 0.331 e. The summed E-state index contributed by atoms with van der Waals surface area (Å²) < 4.78 is 16.4. The molecule has 1 aliphatic heterocycles. The zero-order valence-corrected chi connectivity index (χ0v) is 18.5. The van der Waals surface area contributed by atoms with Crippen LogP contribution >= 0.6 is 22.7 Å². The number of carbonyl (C=O) groups excluding carboxylic acids is 2. The van der Waals surface area contributed by atoms with E-state index < -0.39 is 5.97 Å². The number of nitrogens with zero attached hydrogens (tertiary/aromatic N) is 1. The summed E-state index contributed by atoms with van der Waals surface area (Å²) in [7, 11) is 0. The first kappa shape index (κ1) is 21.1. The Bertz CT molecular complexity index is 1090. The summed E-state index contributed by atoms with van der Waals surface area (Å²) in [6.45, 7) is 2.98. The Morgan fingerprint density at radius 3 is 2.71 bits per heavy atom. The monoisotopic (exact) mass is 455 g/mol.